The van der Waals surface area contributed by atoms with Gasteiger partial charge < -0.3 is 0 Å². The van der Waals surface area contributed by atoms with E-state index in [1.54, 1.807) is 6.92 Å². The Morgan fingerprint density at radius 2 is 1.80 bits per heavy atom. The number of nitrogens with zero attached hydrogens (tertiary/aromatic N) is 1. The number of carbonyl (C=O) groups excluding carboxylic acids is 1. The van der Waals surface area contributed by atoms with Gasteiger partial charge in [0.2, 0.25) is 0 Å². The summed E-state index contributed by atoms with van der Waals surface area (Å²) in [6, 6.07) is 16.1. The number of carbonyl (C=O) groups is 1. The van der Waals surface area contributed by atoms with E-state index in [2.05, 4.69) is 6.07 Å². The quantitative estimate of drug-likeness (QED) is 0.753. The van der Waals surface area contributed by atoms with Crippen molar-refractivity contribution in [2.24, 2.45) is 4.99 Å². The van der Waals surface area contributed by atoms with Gasteiger partial charge in [0.05, 0.1) is 11.4 Å². The van der Waals surface area contributed by atoms with E-state index in [9.17, 15) is 4.79 Å². The second-order valence-electron chi connectivity index (χ2n) is 5.09. The van der Waals surface area contributed by atoms with Crippen LogP contribution in [0.15, 0.2) is 53.5 Å². The lowest BCUT2D eigenvalue weighted by Crippen LogP contribution is -2.06. The van der Waals surface area contributed by atoms with Crippen LogP contribution in [0.3, 0.4) is 0 Å². The minimum absolute atomic E-state index is 0.124. The monoisotopic (exact) mass is 265 g/mol. The summed E-state index contributed by atoms with van der Waals surface area (Å²) < 4.78 is 0. The predicted molar refractivity (Wildman–Crippen MR) is 83.9 cm³/mol. The fraction of sp³-hybridized carbons (Fsp3) is 0.222. The van der Waals surface area contributed by atoms with Crippen LogP contribution in [0.4, 0.5) is 5.69 Å². The van der Waals surface area contributed by atoms with Gasteiger partial charge in [-0.2, -0.15) is 0 Å². The van der Waals surface area contributed by atoms with Gasteiger partial charge in [-0.1, -0.05) is 48.0 Å². The molecule has 2 aromatic carbocycles. The molecule has 2 heteroatoms. The third-order valence-electron chi connectivity index (χ3n) is 3.14. The molecule has 0 fully saturated rings. The Morgan fingerprint density at radius 1 is 1.05 bits per heavy atom. The van der Waals surface area contributed by atoms with Crippen LogP contribution in [0.25, 0.3) is 0 Å². The summed E-state index contributed by atoms with van der Waals surface area (Å²) >= 11 is 0. The Kier molecular flexibility index (Phi) is 4.46. The molecule has 102 valence electrons. The molecule has 0 atom stereocenters. The Labute approximate surface area is 120 Å². The average molecular weight is 265 g/mol. The lowest BCUT2D eigenvalue weighted by Gasteiger charge is -2.08. The number of benzene rings is 2. The van der Waals surface area contributed by atoms with Crippen molar-refractivity contribution in [1.29, 1.82) is 0 Å². The summed E-state index contributed by atoms with van der Waals surface area (Å²) in [6.45, 7) is 5.67. The highest BCUT2D eigenvalue weighted by atomic mass is 16.1. The van der Waals surface area contributed by atoms with Gasteiger partial charge in [-0.05, 0) is 38.0 Å². The molecule has 0 heterocycles. The molecule has 2 rings (SSSR count). The summed E-state index contributed by atoms with van der Waals surface area (Å²) in [4.78, 5) is 16.2. The molecule has 0 bridgehead atoms. The van der Waals surface area contributed by atoms with Crippen molar-refractivity contribution < 1.29 is 4.79 Å². The summed E-state index contributed by atoms with van der Waals surface area (Å²) in [6.07, 6.45) is 0.359. The Bertz CT molecular complexity index is 656. The summed E-state index contributed by atoms with van der Waals surface area (Å²) in [5.41, 5.74) is 5.05. The van der Waals surface area contributed by atoms with Crippen LogP contribution in [0.1, 0.15) is 30.0 Å². The van der Waals surface area contributed by atoms with E-state index in [-0.39, 0.29) is 5.78 Å². The van der Waals surface area contributed by atoms with Crippen LogP contribution >= 0.6 is 0 Å². The molecule has 2 aromatic rings. The third kappa shape index (κ3) is 3.64. The number of aryl methyl sites for hydroxylation is 2. The van der Waals surface area contributed by atoms with Gasteiger partial charge in [0.25, 0.3) is 0 Å². The largest absolute Gasteiger partial charge is 0.300 e. The molecule has 0 spiro atoms. The van der Waals surface area contributed by atoms with E-state index in [4.69, 9.17) is 4.99 Å². The fourth-order valence-corrected chi connectivity index (χ4v) is 2.10. The van der Waals surface area contributed by atoms with Gasteiger partial charge >= 0.3 is 0 Å². The van der Waals surface area contributed by atoms with Gasteiger partial charge in [0.15, 0.2) is 0 Å². The second-order valence-corrected chi connectivity index (χ2v) is 5.09. The van der Waals surface area contributed by atoms with Gasteiger partial charge in [-0.3, -0.25) is 9.79 Å². The molecule has 0 aromatic heterocycles. The highest BCUT2D eigenvalue weighted by Gasteiger charge is 2.08. The first-order valence-electron chi connectivity index (χ1n) is 6.76. The van der Waals surface area contributed by atoms with Crippen molar-refractivity contribution in [3.05, 3.63) is 65.2 Å². The number of aliphatic imine (C=N–C) groups is 1. The predicted octanol–water partition coefficient (Wildman–Crippen LogP) is 4.40. The van der Waals surface area contributed by atoms with Crippen molar-refractivity contribution in [2.75, 3.05) is 0 Å². The smallest absolute Gasteiger partial charge is 0.135 e. The molecule has 0 saturated heterocycles. The van der Waals surface area contributed by atoms with E-state index in [1.165, 1.54) is 5.56 Å². The maximum absolute atomic E-state index is 11.5. The van der Waals surface area contributed by atoms with Crippen LogP contribution in [-0.2, 0) is 4.79 Å². The van der Waals surface area contributed by atoms with E-state index in [0.717, 1.165) is 22.5 Å². The topological polar surface area (TPSA) is 29.4 Å². The number of hydrogen-bond donors (Lipinski definition) is 0. The van der Waals surface area contributed by atoms with Crippen molar-refractivity contribution in [3.8, 4) is 0 Å². The summed E-state index contributed by atoms with van der Waals surface area (Å²) in [7, 11) is 0. The van der Waals surface area contributed by atoms with Crippen molar-refractivity contribution >= 4 is 17.2 Å². The van der Waals surface area contributed by atoms with Crippen molar-refractivity contribution in [2.45, 2.75) is 27.2 Å². The lowest BCUT2D eigenvalue weighted by molar-refractivity contribution is -0.115. The molecular weight excluding hydrogens is 246 g/mol. The number of para-hydroxylation sites is 1. The maximum atomic E-state index is 11.5. The minimum atomic E-state index is 0.124. The molecule has 0 unspecified atom stereocenters. The van der Waals surface area contributed by atoms with E-state index < -0.39 is 0 Å². The normalized spacial score (nSPS) is 11.4. The fourth-order valence-electron chi connectivity index (χ4n) is 2.10. The molecule has 0 aliphatic heterocycles. The van der Waals surface area contributed by atoms with Gasteiger partial charge in [-0.25, -0.2) is 0 Å². The zero-order valence-electron chi connectivity index (χ0n) is 12.2. The van der Waals surface area contributed by atoms with Crippen molar-refractivity contribution in [3.63, 3.8) is 0 Å². The van der Waals surface area contributed by atoms with Crippen LogP contribution in [0.5, 0.6) is 0 Å². The first-order valence-corrected chi connectivity index (χ1v) is 6.76. The molecule has 0 radical (unpaired) electrons. The third-order valence-corrected chi connectivity index (χ3v) is 3.14. The average Bonchev–Trinajstić information content (AvgIpc) is 2.40. The van der Waals surface area contributed by atoms with E-state index in [0.29, 0.717) is 6.42 Å². The molecule has 0 saturated carbocycles. The van der Waals surface area contributed by atoms with Crippen LogP contribution in [0.2, 0.25) is 0 Å². The first-order chi connectivity index (χ1) is 9.56. The number of hydrogen-bond acceptors (Lipinski definition) is 2. The van der Waals surface area contributed by atoms with E-state index in [1.807, 2.05) is 56.3 Å². The van der Waals surface area contributed by atoms with Crippen LogP contribution in [-0.4, -0.2) is 11.5 Å². The number of rotatable bonds is 4. The zero-order valence-corrected chi connectivity index (χ0v) is 12.2. The number of Topliss-reactive ketones (excluding diaryl/α,β-unsaturated/α-hetero) is 1. The second kappa shape index (κ2) is 6.29. The molecule has 0 amide bonds. The highest BCUT2D eigenvalue weighted by Crippen LogP contribution is 2.20. The Balaban J connectivity index is 2.48. The van der Waals surface area contributed by atoms with Crippen LogP contribution in [0, 0.1) is 13.8 Å². The summed E-state index contributed by atoms with van der Waals surface area (Å²) in [5, 5.41) is 0. The van der Waals surface area contributed by atoms with Gasteiger partial charge in [0, 0.05) is 6.42 Å². The Morgan fingerprint density at radius 3 is 2.45 bits per heavy atom. The Hall–Kier alpha value is -2.22. The molecule has 20 heavy (non-hydrogen) atoms. The number of ketones is 1. The molecule has 0 N–H and O–H groups in total. The van der Waals surface area contributed by atoms with Crippen LogP contribution < -0.4 is 0 Å². The van der Waals surface area contributed by atoms with Gasteiger partial charge in [-0.15, -0.1) is 0 Å². The lowest BCUT2D eigenvalue weighted by atomic mass is 10.0. The van der Waals surface area contributed by atoms with E-state index >= 15 is 0 Å². The highest BCUT2D eigenvalue weighted by molar-refractivity contribution is 6.11. The molecular formula is C18H19NO. The maximum Gasteiger partial charge on any atom is 0.135 e. The summed E-state index contributed by atoms with van der Waals surface area (Å²) in [5.74, 6) is 0.124. The molecule has 0 aliphatic carbocycles. The SMILES string of the molecule is CC(=O)CC(=Nc1ccccc1C)c1cccc(C)c1. The molecule has 0 aliphatic rings. The van der Waals surface area contributed by atoms with Gasteiger partial charge in [0.1, 0.15) is 5.78 Å². The zero-order chi connectivity index (χ0) is 14.5. The minimum Gasteiger partial charge on any atom is -0.300 e. The molecule has 2 nitrogen and oxygen atoms in total. The standard InChI is InChI=1S/C18H19NO/c1-13-7-6-9-16(11-13)18(12-15(3)20)19-17-10-5-4-8-14(17)2/h4-11H,12H2,1-3H3. The first kappa shape index (κ1) is 14.2. The van der Waals surface area contributed by atoms with Crippen molar-refractivity contribution in [1.82, 2.24) is 0 Å².